The van der Waals surface area contributed by atoms with Crippen molar-refractivity contribution in [2.75, 3.05) is 39.9 Å². The van der Waals surface area contributed by atoms with Gasteiger partial charge < -0.3 is 4.74 Å². The summed E-state index contributed by atoms with van der Waals surface area (Å²) in [7, 11) is 2.14. The Morgan fingerprint density at radius 1 is 1.43 bits per heavy atom. The van der Waals surface area contributed by atoms with Gasteiger partial charge in [0.25, 0.3) is 0 Å². The van der Waals surface area contributed by atoms with Gasteiger partial charge in [-0.25, -0.2) is 3.11 Å². The second-order valence-electron chi connectivity index (χ2n) is 3.97. The number of hydrogen-bond donors (Lipinski definition) is 0. The molecule has 0 aliphatic carbocycles. The van der Waals surface area contributed by atoms with Crippen molar-refractivity contribution in [2.45, 2.75) is 25.8 Å². The van der Waals surface area contributed by atoms with Gasteiger partial charge in [0.2, 0.25) is 0 Å². The van der Waals surface area contributed by atoms with Crippen LogP contribution in [0, 0.1) is 0 Å². The first-order valence-corrected chi connectivity index (χ1v) is 6.35. The van der Waals surface area contributed by atoms with E-state index in [2.05, 4.69) is 44.8 Å². The minimum atomic E-state index is 0.691. The van der Waals surface area contributed by atoms with Gasteiger partial charge in [-0.15, -0.1) is 0 Å². The number of halogens is 1. The van der Waals surface area contributed by atoms with Gasteiger partial charge in [0, 0.05) is 42.0 Å². The summed E-state index contributed by atoms with van der Waals surface area (Å²) in [5.41, 5.74) is 0. The average Bonchev–Trinajstić information content (AvgIpc) is 2.19. The summed E-state index contributed by atoms with van der Waals surface area (Å²) in [6, 6.07) is 0.691. The molecule has 0 bridgehead atoms. The number of rotatable bonds is 5. The van der Waals surface area contributed by atoms with E-state index < -0.39 is 0 Å². The highest BCUT2D eigenvalue weighted by atomic mass is 127. The first kappa shape index (κ1) is 12.7. The van der Waals surface area contributed by atoms with Gasteiger partial charge in [-0.1, -0.05) is 0 Å². The summed E-state index contributed by atoms with van der Waals surface area (Å²) in [4.78, 5) is 2.50. The molecule has 0 amide bonds. The number of ether oxygens (including phenoxy) is 1. The minimum absolute atomic E-state index is 0.691. The van der Waals surface area contributed by atoms with Crippen LogP contribution in [0.5, 0.6) is 0 Å². The summed E-state index contributed by atoms with van der Waals surface area (Å²) in [5, 5.41) is 0. The van der Waals surface area contributed by atoms with Crippen LogP contribution in [0.3, 0.4) is 0 Å². The zero-order valence-corrected chi connectivity index (χ0v) is 11.4. The minimum Gasteiger partial charge on any atom is -0.379 e. The highest BCUT2D eigenvalue weighted by Gasteiger charge is 2.11. The molecule has 4 heteroatoms. The lowest BCUT2D eigenvalue weighted by Crippen LogP contribution is -2.37. The lowest BCUT2D eigenvalue weighted by Gasteiger charge is -2.27. The van der Waals surface area contributed by atoms with E-state index >= 15 is 0 Å². The molecule has 1 aliphatic heterocycles. The highest BCUT2D eigenvalue weighted by molar-refractivity contribution is 14.1. The lowest BCUT2D eigenvalue weighted by molar-refractivity contribution is 0.0368. The number of morpholine rings is 1. The molecular formula is C10H21IN2O. The van der Waals surface area contributed by atoms with Crippen molar-refractivity contribution < 1.29 is 4.74 Å². The maximum atomic E-state index is 5.31. The van der Waals surface area contributed by atoms with Crippen LogP contribution < -0.4 is 0 Å². The average molecular weight is 312 g/mol. The third kappa shape index (κ3) is 4.91. The van der Waals surface area contributed by atoms with Crippen LogP contribution in [-0.2, 0) is 4.74 Å². The summed E-state index contributed by atoms with van der Waals surface area (Å²) in [5.74, 6) is 0. The Bertz CT molecular complexity index is 149. The third-order valence-corrected chi connectivity index (χ3v) is 3.76. The van der Waals surface area contributed by atoms with E-state index in [0.29, 0.717) is 6.04 Å². The third-order valence-electron chi connectivity index (χ3n) is 2.81. The second kappa shape index (κ2) is 6.98. The molecule has 1 atom stereocenters. The molecule has 0 spiro atoms. The Morgan fingerprint density at radius 2 is 2.07 bits per heavy atom. The topological polar surface area (TPSA) is 15.7 Å². The highest BCUT2D eigenvalue weighted by Crippen LogP contribution is 2.09. The van der Waals surface area contributed by atoms with Gasteiger partial charge in [0.1, 0.15) is 0 Å². The first-order valence-electron chi connectivity index (χ1n) is 5.39. The molecule has 0 N–H and O–H groups in total. The predicted molar refractivity (Wildman–Crippen MR) is 67.7 cm³/mol. The molecule has 1 heterocycles. The largest absolute Gasteiger partial charge is 0.379 e. The number of hydrogen-bond acceptors (Lipinski definition) is 3. The van der Waals surface area contributed by atoms with E-state index in [0.717, 1.165) is 26.3 Å². The smallest absolute Gasteiger partial charge is 0.0594 e. The van der Waals surface area contributed by atoms with Crippen LogP contribution in [0.1, 0.15) is 19.8 Å². The molecule has 0 aromatic rings. The molecule has 1 unspecified atom stereocenters. The van der Waals surface area contributed by atoms with Crippen molar-refractivity contribution in [2.24, 2.45) is 0 Å². The van der Waals surface area contributed by atoms with Crippen molar-refractivity contribution >= 4 is 22.9 Å². The predicted octanol–water partition coefficient (Wildman–Crippen LogP) is 1.77. The molecule has 1 rings (SSSR count). The van der Waals surface area contributed by atoms with Crippen molar-refractivity contribution in [3.05, 3.63) is 0 Å². The zero-order chi connectivity index (χ0) is 10.4. The normalized spacial score (nSPS) is 21.4. The number of nitrogens with zero attached hydrogens (tertiary/aromatic N) is 2. The van der Waals surface area contributed by atoms with Gasteiger partial charge in [0.15, 0.2) is 0 Å². The zero-order valence-electron chi connectivity index (χ0n) is 9.21. The van der Waals surface area contributed by atoms with Crippen LogP contribution >= 0.6 is 22.9 Å². The van der Waals surface area contributed by atoms with Gasteiger partial charge in [-0.05, 0) is 33.4 Å². The van der Waals surface area contributed by atoms with E-state index in [1.807, 2.05) is 0 Å². The van der Waals surface area contributed by atoms with Crippen molar-refractivity contribution in [3.8, 4) is 0 Å². The molecule has 14 heavy (non-hydrogen) atoms. The van der Waals surface area contributed by atoms with Crippen LogP contribution in [0.2, 0.25) is 0 Å². The SMILES string of the molecule is CC(CCCN1CCOCC1)N(C)I. The Labute approximate surface area is 101 Å². The second-order valence-corrected chi connectivity index (χ2v) is 5.49. The molecule has 0 aromatic carbocycles. The molecule has 0 saturated carbocycles. The standard InChI is InChI=1S/C10H21IN2O/c1-10(12(2)11)4-3-5-13-6-8-14-9-7-13/h10H,3-9H2,1-2H3. The van der Waals surface area contributed by atoms with Gasteiger partial charge in [-0.2, -0.15) is 0 Å². The van der Waals surface area contributed by atoms with Crippen LogP contribution in [-0.4, -0.2) is 54.0 Å². The van der Waals surface area contributed by atoms with Crippen molar-refractivity contribution in [1.29, 1.82) is 0 Å². The lowest BCUT2D eigenvalue weighted by atomic mass is 10.2. The fraction of sp³-hybridized carbons (Fsp3) is 1.00. The Balaban J connectivity index is 2.02. The van der Waals surface area contributed by atoms with E-state index in [-0.39, 0.29) is 0 Å². The van der Waals surface area contributed by atoms with Gasteiger partial charge in [0.05, 0.1) is 13.2 Å². The van der Waals surface area contributed by atoms with Gasteiger partial charge in [-0.3, -0.25) is 4.90 Å². The molecule has 1 aliphatic rings. The monoisotopic (exact) mass is 312 g/mol. The van der Waals surface area contributed by atoms with Crippen molar-refractivity contribution in [1.82, 2.24) is 8.01 Å². The van der Waals surface area contributed by atoms with Crippen molar-refractivity contribution in [3.63, 3.8) is 0 Å². The molecule has 1 fully saturated rings. The molecular weight excluding hydrogens is 291 g/mol. The quantitative estimate of drug-likeness (QED) is 0.568. The van der Waals surface area contributed by atoms with E-state index in [1.54, 1.807) is 0 Å². The van der Waals surface area contributed by atoms with E-state index in [9.17, 15) is 0 Å². The molecule has 0 aromatic heterocycles. The van der Waals surface area contributed by atoms with Gasteiger partial charge >= 0.3 is 0 Å². The Morgan fingerprint density at radius 3 is 2.64 bits per heavy atom. The summed E-state index contributed by atoms with van der Waals surface area (Å²) >= 11 is 2.36. The Kier molecular flexibility index (Phi) is 6.32. The van der Waals surface area contributed by atoms with Crippen LogP contribution in [0.25, 0.3) is 0 Å². The molecule has 84 valence electrons. The maximum absolute atomic E-state index is 5.31. The first-order chi connectivity index (χ1) is 6.70. The fourth-order valence-corrected chi connectivity index (χ4v) is 1.89. The summed E-state index contributed by atoms with van der Waals surface area (Å²) < 4.78 is 7.58. The van der Waals surface area contributed by atoms with E-state index in [4.69, 9.17) is 4.74 Å². The van der Waals surface area contributed by atoms with Crippen LogP contribution in [0.15, 0.2) is 0 Å². The Hall–Kier alpha value is 0.610. The van der Waals surface area contributed by atoms with E-state index in [1.165, 1.54) is 19.4 Å². The molecule has 3 nitrogen and oxygen atoms in total. The fourth-order valence-electron chi connectivity index (χ4n) is 1.61. The maximum Gasteiger partial charge on any atom is 0.0594 e. The summed E-state index contributed by atoms with van der Waals surface area (Å²) in [6.07, 6.45) is 2.59. The molecule has 0 radical (unpaired) electrons. The van der Waals surface area contributed by atoms with Crippen LogP contribution in [0.4, 0.5) is 0 Å². The summed E-state index contributed by atoms with van der Waals surface area (Å²) in [6.45, 7) is 7.59. The molecule has 1 saturated heterocycles.